The lowest BCUT2D eigenvalue weighted by Crippen LogP contribution is -2.39. The van der Waals surface area contributed by atoms with Crippen LogP contribution in [-0.2, 0) is 13.6 Å². The molecule has 0 atom stereocenters. The molecule has 3 aromatic carbocycles. The standard InChI is InChI=1S/C24H20N4O3/c1-26-22(19-12-10-18(11-13-19)17-6-3-2-4-7-17)15-27(24(26)25)16-23(29)20-8-5-9-21(14-20)28(30)31/h2-15,25H,16H2,1H3/p+1. The number of imidazole rings is 1. The molecule has 0 spiro atoms. The number of nitro benzene ring substituents is 1. The first-order valence-corrected chi connectivity index (χ1v) is 9.72. The van der Waals surface area contributed by atoms with Crippen molar-refractivity contribution in [1.29, 1.82) is 0 Å². The number of carbonyl (C=O) groups is 1. The van der Waals surface area contributed by atoms with Crippen LogP contribution in [0, 0.1) is 10.1 Å². The molecular formula is C24H21N4O3+. The van der Waals surface area contributed by atoms with Crippen LogP contribution in [0.1, 0.15) is 10.4 Å². The van der Waals surface area contributed by atoms with E-state index in [-0.39, 0.29) is 23.6 Å². The van der Waals surface area contributed by atoms with Crippen LogP contribution < -0.4 is 10.3 Å². The first kappa shape index (κ1) is 20.0. The fourth-order valence-corrected chi connectivity index (χ4v) is 3.51. The zero-order valence-corrected chi connectivity index (χ0v) is 16.9. The molecular weight excluding hydrogens is 392 g/mol. The summed E-state index contributed by atoms with van der Waals surface area (Å²) in [5.74, 6) is 0.165. The highest BCUT2D eigenvalue weighted by Gasteiger charge is 2.21. The maximum Gasteiger partial charge on any atom is 0.355 e. The summed E-state index contributed by atoms with van der Waals surface area (Å²) in [5, 5.41) is 11.0. The van der Waals surface area contributed by atoms with Gasteiger partial charge < -0.3 is 0 Å². The van der Waals surface area contributed by atoms with E-state index in [9.17, 15) is 14.9 Å². The summed E-state index contributed by atoms with van der Waals surface area (Å²) in [4.78, 5) is 23.1. The van der Waals surface area contributed by atoms with Crippen LogP contribution in [0.4, 0.5) is 11.6 Å². The molecule has 7 heteroatoms. The summed E-state index contributed by atoms with van der Waals surface area (Å²) >= 11 is 0. The number of hydrogen-bond acceptors (Lipinski definition) is 4. The quantitative estimate of drug-likeness (QED) is 0.224. The largest absolute Gasteiger partial charge is 0.355 e. The number of hydrogen-bond donors (Lipinski definition) is 1. The number of carbonyl (C=O) groups excluding carboxylic acids is 1. The SMILES string of the molecule is Cn1c(-c2ccc(-c3ccccc3)cc2)c[n+](CC(=O)c2cccc([N+](=O)[O-])c2)c1N. The number of rotatable bonds is 6. The van der Waals surface area contributed by atoms with E-state index in [0.717, 1.165) is 22.4 Å². The molecule has 0 fully saturated rings. The van der Waals surface area contributed by atoms with Crippen molar-refractivity contribution in [2.24, 2.45) is 7.05 Å². The fourth-order valence-electron chi connectivity index (χ4n) is 3.51. The average molecular weight is 413 g/mol. The predicted molar refractivity (Wildman–Crippen MR) is 118 cm³/mol. The normalized spacial score (nSPS) is 10.7. The molecule has 1 aromatic heterocycles. The van der Waals surface area contributed by atoms with Gasteiger partial charge in [-0.15, -0.1) is 0 Å². The Hall–Kier alpha value is -4.26. The fraction of sp³-hybridized carbons (Fsp3) is 0.0833. The van der Waals surface area contributed by atoms with E-state index in [1.54, 1.807) is 10.6 Å². The zero-order chi connectivity index (χ0) is 22.0. The van der Waals surface area contributed by atoms with Crippen LogP contribution >= 0.6 is 0 Å². The Kier molecular flexibility index (Phi) is 5.32. The second-order valence-electron chi connectivity index (χ2n) is 7.23. The van der Waals surface area contributed by atoms with Crippen LogP contribution in [-0.4, -0.2) is 15.3 Å². The summed E-state index contributed by atoms with van der Waals surface area (Å²) in [6.07, 6.45) is 1.82. The van der Waals surface area contributed by atoms with Gasteiger partial charge in [0.2, 0.25) is 0 Å². The van der Waals surface area contributed by atoms with Gasteiger partial charge in [0.25, 0.3) is 5.69 Å². The van der Waals surface area contributed by atoms with Crippen molar-refractivity contribution in [3.63, 3.8) is 0 Å². The Bertz CT molecular complexity index is 1260. The van der Waals surface area contributed by atoms with Gasteiger partial charge in [-0.2, -0.15) is 0 Å². The van der Waals surface area contributed by atoms with E-state index in [1.807, 2.05) is 60.3 Å². The third-order valence-corrected chi connectivity index (χ3v) is 5.26. The van der Waals surface area contributed by atoms with Gasteiger partial charge >= 0.3 is 5.95 Å². The number of non-ortho nitro benzene ring substituents is 1. The number of nitrogens with two attached hydrogens (primary N) is 1. The molecule has 7 nitrogen and oxygen atoms in total. The molecule has 4 rings (SSSR count). The molecule has 154 valence electrons. The molecule has 2 N–H and O–H groups in total. The first-order chi connectivity index (χ1) is 14.9. The highest BCUT2D eigenvalue weighted by molar-refractivity contribution is 5.95. The van der Waals surface area contributed by atoms with Gasteiger partial charge in [0.15, 0.2) is 5.78 Å². The van der Waals surface area contributed by atoms with Crippen molar-refractivity contribution >= 4 is 17.4 Å². The second-order valence-corrected chi connectivity index (χ2v) is 7.23. The summed E-state index contributed by atoms with van der Waals surface area (Å²) in [6, 6.07) is 24.0. The van der Waals surface area contributed by atoms with Crippen molar-refractivity contribution in [2.45, 2.75) is 6.54 Å². The molecule has 0 aliphatic rings. The Morgan fingerprint density at radius 3 is 2.29 bits per heavy atom. The number of anilines is 1. The molecule has 4 aromatic rings. The number of nitro groups is 1. The molecule has 0 bridgehead atoms. The Balaban J connectivity index is 1.59. The minimum Gasteiger partial charge on any atom is -0.291 e. The van der Waals surface area contributed by atoms with E-state index in [1.165, 1.54) is 18.2 Å². The lowest BCUT2D eigenvalue weighted by atomic mass is 10.0. The zero-order valence-electron chi connectivity index (χ0n) is 16.9. The molecule has 0 aliphatic carbocycles. The van der Waals surface area contributed by atoms with Crippen molar-refractivity contribution in [3.8, 4) is 22.4 Å². The number of nitrogen functional groups attached to an aromatic ring is 1. The van der Waals surface area contributed by atoms with Crippen molar-refractivity contribution in [2.75, 3.05) is 5.73 Å². The third kappa shape index (κ3) is 4.06. The molecule has 31 heavy (non-hydrogen) atoms. The molecule has 0 unspecified atom stereocenters. The van der Waals surface area contributed by atoms with Crippen LogP contribution in [0.15, 0.2) is 85.1 Å². The average Bonchev–Trinajstić information content (AvgIpc) is 3.08. The van der Waals surface area contributed by atoms with Crippen molar-refractivity contribution < 1.29 is 14.3 Å². The summed E-state index contributed by atoms with van der Waals surface area (Å²) in [7, 11) is 1.84. The van der Waals surface area contributed by atoms with E-state index < -0.39 is 4.92 Å². The van der Waals surface area contributed by atoms with Gasteiger partial charge in [0.1, 0.15) is 18.4 Å². The second kappa shape index (κ2) is 8.23. The molecule has 0 aliphatic heterocycles. The van der Waals surface area contributed by atoms with Gasteiger partial charge in [-0.05, 0) is 11.1 Å². The van der Waals surface area contributed by atoms with Crippen LogP contribution in [0.2, 0.25) is 0 Å². The molecule has 0 amide bonds. The van der Waals surface area contributed by atoms with Gasteiger partial charge in [-0.3, -0.25) is 20.6 Å². The number of ketones is 1. The number of Topliss-reactive ketones (excluding diaryl/α,β-unsaturated/α-hetero) is 1. The van der Waals surface area contributed by atoms with E-state index in [0.29, 0.717) is 5.95 Å². The van der Waals surface area contributed by atoms with Gasteiger partial charge in [0, 0.05) is 23.3 Å². The van der Waals surface area contributed by atoms with Crippen molar-refractivity contribution in [3.05, 3.63) is 101 Å². The maximum atomic E-state index is 12.7. The monoisotopic (exact) mass is 413 g/mol. The number of aromatic nitrogens is 2. The highest BCUT2D eigenvalue weighted by Crippen LogP contribution is 2.25. The molecule has 1 heterocycles. The highest BCUT2D eigenvalue weighted by atomic mass is 16.6. The van der Waals surface area contributed by atoms with E-state index in [2.05, 4.69) is 12.1 Å². The van der Waals surface area contributed by atoms with Crippen LogP contribution in [0.5, 0.6) is 0 Å². The van der Waals surface area contributed by atoms with Gasteiger partial charge in [-0.25, -0.2) is 9.13 Å². The smallest absolute Gasteiger partial charge is 0.291 e. The van der Waals surface area contributed by atoms with Gasteiger partial charge in [-0.1, -0.05) is 66.7 Å². The van der Waals surface area contributed by atoms with Crippen molar-refractivity contribution in [1.82, 2.24) is 4.57 Å². The Morgan fingerprint density at radius 1 is 0.968 bits per heavy atom. The topological polar surface area (TPSA) is 95.0 Å². The lowest BCUT2D eigenvalue weighted by Gasteiger charge is -2.03. The maximum absolute atomic E-state index is 12.7. The summed E-state index contributed by atoms with van der Waals surface area (Å²) in [5.41, 5.74) is 10.5. The van der Waals surface area contributed by atoms with Gasteiger partial charge in [0.05, 0.1) is 12.0 Å². The number of benzene rings is 3. The minimum absolute atomic E-state index is 0.0110. The Morgan fingerprint density at radius 2 is 1.61 bits per heavy atom. The summed E-state index contributed by atoms with van der Waals surface area (Å²) < 4.78 is 3.47. The third-order valence-electron chi connectivity index (χ3n) is 5.26. The summed E-state index contributed by atoms with van der Waals surface area (Å²) in [6.45, 7) is -0.0110. The van der Waals surface area contributed by atoms with E-state index >= 15 is 0 Å². The van der Waals surface area contributed by atoms with Crippen LogP contribution in [0.25, 0.3) is 22.4 Å². The van der Waals surface area contributed by atoms with E-state index in [4.69, 9.17) is 5.73 Å². The predicted octanol–water partition coefficient (Wildman–Crippen LogP) is 4.02. The molecule has 0 radical (unpaired) electrons. The molecule has 0 saturated carbocycles. The number of nitrogens with zero attached hydrogens (tertiary/aromatic N) is 3. The van der Waals surface area contributed by atoms with Crippen LogP contribution in [0.3, 0.4) is 0 Å². The molecule has 0 saturated heterocycles. The lowest BCUT2D eigenvalue weighted by molar-refractivity contribution is -0.667. The Labute approximate surface area is 179 Å². The minimum atomic E-state index is -0.516. The first-order valence-electron chi connectivity index (χ1n) is 9.72.